The van der Waals surface area contributed by atoms with Crippen molar-refractivity contribution in [2.24, 2.45) is 0 Å². The number of benzene rings is 1. The van der Waals surface area contributed by atoms with Crippen LogP contribution in [-0.2, 0) is 0 Å². The fraction of sp³-hybridized carbons (Fsp3) is 0.458. The summed E-state index contributed by atoms with van der Waals surface area (Å²) in [6, 6.07) is 8.89. The van der Waals surface area contributed by atoms with Crippen molar-refractivity contribution < 1.29 is 9.90 Å². The number of aliphatic hydroxyl groups is 1. The predicted molar refractivity (Wildman–Crippen MR) is 112 cm³/mol. The standard InChI is InChI=1S/C24H31NO2/c1-3-5-6-7-8-9-13-18-22(19-14-15-20-23(26)4-2)25-24(27)21-16-11-10-12-17-21/h4,10-12,16-17,22-23,26H,2-3,5-9,13,18H2,1H3,(H,25,27)/t22-,23+/m1/s1. The van der Waals surface area contributed by atoms with E-state index in [9.17, 15) is 9.90 Å². The van der Waals surface area contributed by atoms with Crippen LogP contribution in [0.3, 0.4) is 0 Å². The van der Waals surface area contributed by atoms with Gasteiger partial charge in [-0.2, -0.15) is 0 Å². The minimum Gasteiger partial charge on any atom is -0.377 e. The second kappa shape index (κ2) is 14.7. The topological polar surface area (TPSA) is 49.3 Å². The lowest BCUT2D eigenvalue weighted by atomic mass is 10.0. The summed E-state index contributed by atoms with van der Waals surface area (Å²) in [6.07, 6.45) is 9.77. The molecule has 1 amide bonds. The first-order chi connectivity index (χ1) is 13.2. The number of unbranched alkanes of at least 4 members (excludes halogenated alkanes) is 6. The summed E-state index contributed by atoms with van der Waals surface area (Å²) < 4.78 is 0. The van der Waals surface area contributed by atoms with Crippen molar-refractivity contribution in [2.75, 3.05) is 0 Å². The Balaban J connectivity index is 2.57. The number of carbonyl (C=O) groups excluding carboxylic acids is 1. The fourth-order valence-electron chi connectivity index (χ4n) is 2.61. The Kier molecular flexibility index (Phi) is 12.2. The zero-order chi connectivity index (χ0) is 19.7. The number of hydrogen-bond donors (Lipinski definition) is 2. The summed E-state index contributed by atoms with van der Waals surface area (Å²) >= 11 is 0. The average Bonchev–Trinajstić information content (AvgIpc) is 2.70. The summed E-state index contributed by atoms with van der Waals surface area (Å²) in [5, 5.41) is 12.3. The Morgan fingerprint density at radius 3 is 2.37 bits per heavy atom. The quantitative estimate of drug-likeness (QED) is 0.345. The van der Waals surface area contributed by atoms with Crippen molar-refractivity contribution in [1.29, 1.82) is 0 Å². The van der Waals surface area contributed by atoms with E-state index in [0.29, 0.717) is 5.56 Å². The average molecular weight is 366 g/mol. The highest BCUT2D eigenvalue weighted by molar-refractivity contribution is 5.94. The highest BCUT2D eigenvalue weighted by Gasteiger charge is 2.11. The van der Waals surface area contributed by atoms with Crippen molar-refractivity contribution in [3.05, 3.63) is 48.6 Å². The molecule has 0 saturated carbocycles. The van der Waals surface area contributed by atoms with E-state index in [-0.39, 0.29) is 11.9 Å². The van der Waals surface area contributed by atoms with Crippen LogP contribution in [0.2, 0.25) is 0 Å². The van der Waals surface area contributed by atoms with Gasteiger partial charge >= 0.3 is 0 Å². The van der Waals surface area contributed by atoms with Crippen LogP contribution in [0.4, 0.5) is 0 Å². The molecule has 2 N–H and O–H groups in total. The minimum atomic E-state index is -0.875. The van der Waals surface area contributed by atoms with Crippen LogP contribution in [0, 0.1) is 23.7 Å². The molecule has 0 aliphatic heterocycles. The summed E-state index contributed by atoms with van der Waals surface area (Å²) in [5.74, 6) is 10.8. The van der Waals surface area contributed by atoms with Crippen LogP contribution >= 0.6 is 0 Å². The van der Waals surface area contributed by atoms with Gasteiger partial charge in [0.15, 0.2) is 0 Å². The molecule has 27 heavy (non-hydrogen) atoms. The monoisotopic (exact) mass is 365 g/mol. The second-order valence-corrected chi connectivity index (χ2v) is 6.52. The van der Waals surface area contributed by atoms with Crippen LogP contribution < -0.4 is 5.32 Å². The first-order valence-electron chi connectivity index (χ1n) is 9.85. The highest BCUT2D eigenvalue weighted by Crippen LogP contribution is 2.10. The molecule has 0 saturated heterocycles. The van der Waals surface area contributed by atoms with Crippen LogP contribution in [0.25, 0.3) is 0 Å². The Hall–Kier alpha value is -2.49. The highest BCUT2D eigenvalue weighted by atomic mass is 16.3. The normalized spacial score (nSPS) is 11.9. The fourth-order valence-corrected chi connectivity index (χ4v) is 2.61. The summed E-state index contributed by atoms with van der Waals surface area (Å²) in [6.45, 7) is 5.68. The van der Waals surface area contributed by atoms with Gasteiger partial charge in [0, 0.05) is 5.56 Å². The maximum Gasteiger partial charge on any atom is 0.252 e. The van der Waals surface area contributed by atoms with E-state index in [1.54, 1.807) is 12.1 Å². The SMILES string of the molecule is C=C[C@H](O)C#CC#C[C@@H](CCCCCCCCC)NC(=O)c1ccccc1. The Morgan fingerprint density at radius 2 is 1.70 bits per heavy atom. The Labute approximate surface area is 164 Å². The lowest BCUT2D eigenvalue weighted by Crippen LogP contribution is -2.33. The van der Waals surface area contributed by atoms with Gasteiger partial charge in [-0.25, -0.2) is 0 Å². The van der Waals surface area contributed by atoms with Crippen molar-refractivity contribution in [1.82, 2.24) is 5.32 Å². The van der Waals surface area contributed by atoms with Crippen molar-refractivity contribution in [3.8, 4) is 23.7 Å². The third kappa shape index (κ3) is 11.0. The van der Waals surface area contributed by atoms with Gasteiger partial charge in [-0.1, -0.05) is 94.6 Å². The molecule has 2 atom stereocenters. The van der Waals surface area contributed by atoms with Gasteiger partial charge in [0.25, 0.3) is 5.91 Å². The van der Waals surface area contributed by atoms with Crippen LogP contribution in [-0.4, -0.2) is 23.2 Å². The molecule has 0 aliphatic carbocycles. The van der Waals surface area contributed by atoms with E-state index in [1.165, 1.54) is 38.2 Å². The number of rotatable bonds is 11. The molecule has 0 aromatic heterocycles. The number of nitrogens with one attached hydrogen (secondary N) is 1. The molecule has 0 radical (unpaired) electrons. The van der Waals surface area contributed by atoms with Crippen molar-refractivity contribution >= 4 is 5.91 Å². The predicted octanol–water partition coefficient (Wildman–Crippen LogP) is 4.48. The van der Waals surface area contributed by atoms with Gasteiger partial charge in [0.2, 0.25) is 0 Å². The van der Waals surface area contributed by atoms with Crippen molar-refractivity contribution in [3.63, 3.8) is 0 Å². The van der Waals surface area contributed by atoms with E-state index in [2.05, 4.69) is 42.5 Å². The van der Waals surface area contributed by atoms with Crippen LogP contribution in [0.15, 0.2) is 43.0 Å². The first-order valence-corrected chi connectivity index (χ1v) is 9.85. The molecule has 1 rings (SSSR count). The number of hydrogen-bond acceptors (Lipinski definition) is 2. The van der Waals surface area contributed by atoms with Crippen LogP contribution in [0.5, 0.6) is 0 Å². The van der Waals surface area contributed by atoms with E-state index in [0.717, 1.165) is 19.3 Å². The van der Waals surface area contributed by atoms with E-state index < -0.39 is 6.10 Å². The zero-order valence-corrected chi connectivity index (χ0v) is 16.3. The summed E-state index contributed by atoms with van der Waals surface area (Å²) in [4.78, 5) is 12.4. The van der Waals surface area contributed by atoms with Gasteiger partial charge in [-0.15, -0.1) is 0 Å². The third-order valence-electron chi connectivity index (χ3n) is 4.19. The van der Waals surface area contributed by atoms with E-state index in [1.807, 2.05) is 18.2 Å². The van der Waals surface area contributed by atoms with E-state index in [4.69, 9.17) is 0 Å². The van der Waals surface area contributed by atoms with Gasteiger partial charge in [0.1, 0.15) is 6.10 Å². The van der Waals surface area contributed by atoms with Crippen molar-refractivity contribution in [2.45, 2.75) is 70.4 Å². The third-order valence-corrected chi connectivity index (χ3v) is 4.19. The molecule has 144 valence electrons. The zero-order valence-electron chi connectivity index (χ0n) is 16.3. The van der Waals surface area contributed by atoms with Crippen LogP contribution in [0.1, 0.15) is 68.6 Å². The molecule has 3 heteroatoms. The van der Waals surface area contributed by atoms with Gasteiger partial charge < -0.3 is 10.4 Å². The molecule has 0 heterocycles. The first kappa shape index (κ1) is 22.6. The molecule has 0 aliphatic rings. The number of aliphatic hydroxyl groups excluding tert-OH is 1. The largest absolute Gasteiger partial charge is 0.377 e. The molecule has 0 unspecified atom stereocenters. The maximum absolute atomic E-state index is 12.4. The number of carbonyl (C=O) groups is 1. The summed E-state index contributed by atoms with van der Waals surface area (Å²) in [7, 11) is 0. The molecule has 0 bridgehead atoms. The molecular weight excluding hydrogens is 334 g/mol. The number of amides is 1. The molecule has 0 spiro atoms. The Morgan fingerprint density at radius 1 is 1.07 bits per heavy atom. The maximum atomic E-state index is 12.4. The smallest absolute Gasteiger partial charge is 0.252 e. The van der Waals surface area contributed by atoms with Gasteiger partial charge in [0.05, 0.1) is 6.04 Å². The van der Waals surface area contributed by atoms with Gasteiger partial charge in [-0.05, 0) is 30.4 Å². The second-order valence-electron chi connectivity index (χ2n) is 6.52. The summed E-state index contributed by atoms with van der Waals surface area (Å²) in [5.41, 5.74) is 0.622. The van der Waals surface area contributed by atoms with Gasteiger partial charge in [-0.3, -0.25) is 4.79 Å². The molecule has 1 aromatic carbocycles. The van der Waals surface area contributed by atoms with E-state index >= 15 is 0 Å². The molecular formula is C24H31NO2. The molecule has 0 fully saturated rings. The minimum absolute atomic E-state index is 0.128. The molecule has 3 nitrogen and oxygen atoms in total. The lowest BCUT2D eigenvalue weighted by molar-refractivity contribution is 0.0944. The molecule has 1 aromatic rings. The lowest BCUT2D eigenvalue weighted by Gasteiger charge is -2.13. The Bertz CT molecular complexity index is 673.